The lowest BCUT2D eigenvalue weighted by atomic mass is 9.96. The average molecular weight is 422 g/mol. The smallest absolute Gasteiger partial charge is 0.0719 e. The molecule has 150 valence electrons. The van der Waals surface area contributed by atoms with Gasteiger partial charge in [0.25, 0.3) is 0 Å². The Bertz CT molecular complexity index is 1770. The predicted molar refractivity (Wildman–Crippen MR) is 136 cm³/mol. The maximum Gasteiger partial charge on any atom is 0.0719 e. The van der Waals surface area contributed by atoms with E-state index in [1.165, 1.54) is 37.8 Å². The third kappa shape index (κ3) is 2.86. The zero-order chi connectivity index (χ0) is 24.5. The molecule has 0 spiro atoms. The van der Waals surface area contributed by atoms with Crippen LogP contribution >= 0.6 is 11.3 Å². The van der Waals surface area contributed by atoms with Crippen LogP contribution in [0.25, 0.3) is 53.0 Å². The summed E-state index contributed by atoms with van der Waals surface area (Å²) >= 11 is 1.73. The molecule has 0 amide bonds. The molecule has 0 aliphatic rings. The largest absolute Gasteiger partial charge is 0.256 e. The van der Waals surface area contributed by atoms with E-state index in [0.717, 1.165) is 15.6 Å². The number of hydrogen-bond donors (Lipinski definition) is 0. The van der Waals surface area contributed by atoms with E-state index in [9.17, 15) is 0 Å². The Labute approximate surface area is 191 Å². The summed E-state index contributed by atoms with van der Waals surface area (Å²) in [7, 11) is 0. The molecule has 0 atom stereocenters. The van der Waals surface area contributed by atoms with E-state index in [4.69, 9.17) is 5.48 Å². The Morgan fingerprint density at radius 1 is 0.839 bits per heavy atom. The van der Waals surface area contributed by atoms with E-state index >= 15 is 0 Å². The van der Waals surface area contributed by atoms with E-state index in [1.54, 1.807) is 31.3 Å². The highest BCUT2D eigenvalue weighted by Gasteiger charge is 2.14. The van der Waals surface area contributed by atoms with E-state index < -0.39 is 12.7 Å². The molecule has 2 aromatic heterocycles. The van der Waals surface area contributed by atoms with E-state index in [2.05, 4.69) is 59.6 Å². The maximum atomic E-state index is 8.58. The Kier molecular flexibility index (Phi) is 3.27. The van der Waals surface area contributed by atoms with Gasteiger partial charge in [-0.15, -0.1) is 11.3 Å². The molecule has 2 heterocycles. The van der Waals surface area contributed by atoms with Crippen LogP contribution in [0.2, 0.25) is 0 Å². The molecule has 0 bridgehead atoms. The summed E-state index contributed by atoms with van der Waals surface area (Å²) in [4.78, 5) is 4.57. The Balaban J connectivity index is 1.62. The van der Waals surface area contributed by atoms with Crippen molar-refractivity contribution in [3.63, 3.8) is 0 Å². The Morgan fingerprint density at radius 3 is 2.55 bits per heavy atom. The monoisotopic (exact) mass is 421 g/mol. The van der Waals surface area contributed by atoms with Gasteiger partial charge in [-0.1, -0.05) is 68.4 Å². The molecule has 0 aliphatic heterocycles. The third-order valence-electron chi connectivity index (χ3n) is 6.08. The summed E-state index contributed by atoms with van der Waals surface area (Å²) in [5.41, 5.74) is 2.28. The summed E-state index contributed by atoms with van der Waals surface area (Å²) in [6.45, 7) is 1.13. The predicted octanol–water partition coefficient (Wildman–Crippen LogP) is 8.85. The van der Waals surface area contributed by atoms with Gasteiger partial charge >= 0.3 is 0 Å². The molecule has 0 fully saturated rings. The van der Waals surface area contributed by atoms with Gasteiger partial charge in [0.05, 0.1) is 5.69 Å². The average Bonchev–Trinajstić information content (AvgIpc) is 3.19. The molecule has 0 unspecified atom stereocenters. The summed E-state index contributed by atoms with van der Waals surface area (Å²) in [5.74, 6) is -1.06. The normalized spacial score (nSPS) is 14.6. The van der Waals surface area contributed by atoms with Crippen molar-refractivity contribution in [3.05, 3.63) is 90.1 Å². The minimum Gasteiger partial charge on any atom is -0.256 e. The van der Waals surface area contributed by atoms with Gasteiger partial charge in [-0.05, 0) is 63.6 Å². The molecule has 0 N–H and O–H groups in total. The molecule has 0 saturated heterocycles. The number of thiophene rings is 1. The minimum atomic E-state index is -2.31. The van der Waals surface area contributed by atoms with Crippen molar-refractivity contribution >= 4 is 53.1 Å². The Morgan fingerprint density at radius 2 is 1.68 bits per heavy atom. The van der Waals surface area contributed by atoms with Crippen LogP contribution in [0.3, 0.4) is 0 Å². The molecule has 31 heavy (non-hydrogen) atoms. The molecule has 0 saturated carbocycles. The van der Waals surface area contributed by atoms with Gasteiger partial charge in [0.1, 0.15) is 0 Å². The first kappa shape index (κ1) is 14.7. The van der Waals surface area contributed by atoms with Crippen LogP contribution in [0.1, 0.15) is 36.4 Å². The summed E-state index contributed by atoms with van der Waals surface area (Å²) in [5, 5.41) is 7.28. The molecule has 0 aliphatic carbocycles. The van der Waals surface area contributed by atoms with Crippen LogP contribution in [0.4, 0.5) is 0 Å². The van der Waals surface area contributed by atoms with Crippen LogP contribution in [0.5, 0.6) is 0 Å². The van der Waals surface area contributed by atoms with Gasteiger partial charge < -0.3 is 0 Å². The topological polar surface area (TPSA) is 12.9 Å². The highest BCUT2D eigenvalue weighted by molar-refractivity contribution is 7.26. The number of fused-ring (bicyclic) bond motifs is 6. The summed E-state index contributed by atoms with van der Waals surface area (Å²) < 4.78 is 34.6. The van der Waals surface area contributed by atoms with Crippen molar-refractivity contribution in [1.82, 2.24) is 4.98 Å². The van der Waals surface area contributed by atoms with Crippen LogP contribution < -0.4 is 0 Å². The van der Waals surface area contributed by atoms with Gasteiger partial charge in [-0.3, -0.25) is 4.98 Å². The molecular formula is C29H23NS. The van der Waals surface area contributed by atoms with Gasteiger partial charge in [0, 0.05) is 37.4 Å². The molecular weight excluding hydrogens is 394 g/mol. The number of rotatable bonds is 2. The number of aromatic nitrogens is 1. The fraction of sp³-hybridized carbons (Fsp3) is 0.138. The highest BCUT2D eigenvalue weighted by Crippen LogP contribution is 2.42. The zero-order valence-electron chi connectivity index (χ0n) is 21.4. The molecule has 6 aromatic rings. The van der Waals surface area contributed by atoms with Gasteiger partial charge in [-0.2, -0.15) is 0 Å². The molecule has 1 nitrogen and oxygen atoms in total. The van der Waals surface area contributed by atoms with Gasteiger partial charge in [-0.25, -0.2) is 0 Å². The number of aryl methyl sites for hydroxylation is 1. The summed E-state index contributed by atoms with van der Waals surface area (Å²) in [6, 6.07) is 25.3. The van der Waals surface area contributed by atoms with Crippen molar-refractivity contribution in [2.24, 2.45) is 0 Å². The van der Waals surface area contributed by atoms with Crippen molar-refractivity contribution < 1.29 is 5.48 Å². The van der Waals surface area contributed by atoms with Crippen molar-refractivity contribution in [3.8, 4) is 11.3 Å². The SMILES string of the molecule is [2H]C([2H])([2H])c1cnc(-c2cccc3c2sc2cc4ccc5ccccc5c4cc23)cc1C([2H])(C)C. The van der Waals surface area contributed by atoms with Crippen LogP contribution in [0, 0.1) is 6.85 Å². The maximum absolute atomic E-state index is 8.58. The number of pyridine rings is 1. The second-order valence-corrected chi connectivity index (χ2v) is 9.31. The fourth-order valence-electron chi connectivity index (χ4n) is 4.52. The third-order valence-corrected chi connectivity index (χ3v) is 7.28. The molecule has 6 rings (SSSR count). The zero-order valence-corrected chi connectivity index (χ0v) is 18.2. The lowest BCUT2D eigenvalue weighted by molar-refractivity contribution is 0.852. The molecule has 0 radical (unpaired) electrons. The first-order valence-corrected chi connectivity index (χ1v) is 11.2. The Hall–Kier alpha value is -3.23. The van der Waals surface area contributed by atoms with E-state index in [-0.39, 0.29) is 5.56 Å². The van der Waals surface area contributed by atoms with Crippen LogP contribution in [-0.2, 0) is 0 Å². The lowest BCUT2D eigenvalue weighted by Crippen LogP contribution is -1.95. The van der Waals surface area contributed by atoms with Crippen molar-refractivity contribution in [1.29, 1.82) is 0 Å². The second-order valence-electron chi connectivity index (χ2n) is 8.26. The standard InChI is InChI=1S/C29H23NS/c1-17(2)24-15-27(30-16-18(24)3)23-10-6-9-22-26-14-25-20(13-28(26)31-29(22)23)12-11-19-7-4-5-8-21(19)25/h4-17H,1-3H3/i3D3,17D. The first-order valence-electron chi connectivity index (χ1n) is 12.4. The molecule has 2 heteroatoms. The van der Waals surface area contributed by atoms with Crippen LogP contribution in [-0.4, -0.2) is 4.98 Å². The fourth-order valence-corrected chi connectivity index (χ4v) is 5.77. The van der Waals surface area contributed by atoms with Crippen LogP contribution in [0.15, 0.2) is 79.0 Å². The second kappa shape index (κ2) is 6.90. The lowest BCUT2D eigenvalue weighted by Gasteiger charge is -2.12. The number of nitrogens with zero attached hydrogens (tertiary/aromatic N) is 1. The summed E-state index contributed by atoms with van der Waals surface area (Å²) in [6.07, 6.45) is 1.43. The first-order chi connectivity index (χ1) is 16.6. The number of hydrogen-bond acceptors (Lipinski definition) is 2. The number of benzene rings is 4. The minimum absolute atomic E-state index is 0.142. The van der Waals surface area contributed by atoms with Crippen molar-refractivity contribution in [2.75, 3.05) is 0 Å². The van der Waals surface area contributed by atoms with Gasteiger partial charge in [0.15, 0.2) is 0 Å². The van der Waals surface area contributed by atoms with E-state index in [0.29, 0.717) is 11.3 Å². The van der Waals surface area contributed by atoms with Gasteiger partial charge in [0.2, 0.25) is 0 Å². The molecule has 4 aromatic carbocycles. The highest BCUT2D eigenvalue weighted by atomic mass is 32.1. The van der Waals surface area contributed by atoms with Crippen molar-refractivity contribution in [2.45, 2.75) is 26.6 Å². The van der Waals surface area contributed by atoms with E-state index in [1.807, 2.05) is 12.1 Å². The quantitative estimate of drug-likeness (QED) is 0.254.